The summed E-state index contributed by atoms with van der Waals surface area (Å²) in [5.74, 6) is 4.97. The highest BCUT2D eigenvalue weighted by molar-refractivity contribution is 5.22. The zero-order valence-corrected chi connectivity index (χ0v) is 10.6. The van der Waals surface area contributed by atoms with Crippen LogP contribution in [-0.4, -0.2) is 0 Å². The third-order valence-corrected chi connectivity index (χ3v) is 5.89. The topological polar surface area (TPSA) is 0 Å². The minimum Gasteiger partial charge on any atom is -0.0850 e. The van der Waals surface area contributed by atoms with Gasteiger partial charge in [0.05, 0.1) is 0 Å². The summed E-state index contributed by atoms with van der Waals surface area (Å²) in [6, 6.07) is 0. The Morgan fingerprint density at radius 3 is 2.73 bits per heavy atom. The molecule has 0 nitrogen and oxygen atoms in total. The maximum atomic E-state index is 2.56. The van der Waals surface area contributed by atoms with Gasteiger partial charge in [-0.05, 0) is 61.2 Å². The summed E-state index contributed by atoms with van der Waals surface area (Å²) in [5, 5.41) is 0. The van der Waals surface area contributed by atoms with Crippen LogP contribution in [-0.2, 0) is 0 Å². The molecule has 84 valence electrons. The van der Waals surface area contributed by atoms with Gasteiger partial charge in [0.15, 0.2) is 0 Å². The van der Waals surface area contributed by atoms with Crippen molar-refractivity contribution in [2.75, 3.05) is 0 Å². The van der Waals surface area contributed by atoms with Gasteiger partial charge in [-0.2, -0.15) is 0 Å². The molecule has 15 heavy (non-hydrogen) atoms. The SMILES string of the molecule is CC1=CC[C@H]2[C@@H]([C@H]3[C@@H](C)CC[C@@H]13)C2(C)C. The summed E-state index contributed by atoms with van der Waals surface area (Å²) in [4.78, 5) is 0. The molecule has 0 N–H and O–H groups in total. The molecular formula is C15H24. The number of fused-ring (bicyclic) bond motifs is 3. The van der Waals surface area contributed by atoms with E-state index in [4.69, 9.17) is 0 Å². The number of hydrogen-bond donors (Lipinski definition) is 0. The van der Waals surface area contributed by atoms with E-state index in [1.54, 1.807) is 5.57 Å². The summed E-state index contributed by atoms with van der Waals surface area (Å²) in [6.07, 6.45) is 6.87. The van der Waals surface area contributed by atoms with E-state index in [1.807, 2.05) is 0 Å². The van der Waals surface area contributed by atoms with Crippen LogP contribution < -0.4 is 0 Å². The van der Waals surface area contributed by atoms with Crippen molar-refractivity contribution in [3.05, 3.63) is 11.6 Å². The quantitative estimate of drug-likeness (QED) is 0.517. The van der Waals surface area contributed by atoms with Gasteiger partial charge >= 0.3 is 0 Å². The van der Waals surface area contributed by atoms with Gasteiger partial charge in [0.25, 0.3) is 0 Å². The van der Waals surface area contributed by atoms with E-state index in [2.05, 4.69) is 33.8 Å². The van der Waals surface area contributed by atoms with Crippen LogP contribution >= 0.6 is 0 Å². The number of rotatable bonds is 0. The van der Waals surface area contributed by atoms with Crippen LogP contribution in [0.1, 0.15) is 47.0 Å². The van der Waals surface area contributed by atoms with Crippen molar-refractivity contribution in [1.82, 2.24) is 0 Å². The van der Waals surface area contributed by atoms with Gasteiger partial charge in [-0.3, -0.25) is 0 Å². The van der Waals surface area contributed by atoms with E-state index in [0.717, 1.165) is 29.6 Å². The lowest BCUT2D eigenvalue weighted by Gasteiger charge is -2.25. The second kappa shape index (κ2) is 2.90. The summed E-state index contributed by atoms with van der Waals surface area (Å²) in [5.41, 5.74) is 2.37. The Hall–Kier alpha value is -0.260. The maximum Gasteiger partial charge on any atom is -0.0172 e. The van der Waals surface area contributed by atoms with Gasteiger partial charge in [-0.1, -0.05) is 32.4 Å². The second-order valence-electron chi connectivity index (χ2n) is 6.88. The Bertz CT molecular complexity index is 310. The number of hydrogen-bond acceptors (Lipinski definition) is 0. The molecule has 0 aliphatic heterocycles. The normalized spacial score (nSPS) is 51.5. The molecule has 0 heterocycles. The molecule has 0 heteroatoms. The van der Waals surface area contributed by atoms with Crippen molar-refractivity contribution in [1.29, 1.82) is 0 Å². The summed E-state index contributed by atoms with van der Waals surface area (Å²) in [6.45, 7) is 9.88. The van der Waals surface area contributed by atoms with E-state index in [-0.39, 0.29) is 0 Å². The lowest BCUT2D eigenvalue weighted by Crippen LogP contribution is -2.18. The van der Waals surface area contributed by atoms with Crippen molar-refractivity contribution < 1.29 is 0 Å². The fourth-order valence-electron chi connectivity index (χ4n) is 4.82. The van der Waals surface area contributed by atoms with Gasteiger partial charge < -0.3 is 0 Å². The van der Waals surface area contributed by atoms with Crippen LogP contribution in [0, 0.1) is 35.0 Å². The molecule has 2 saturated carbocycles. The zero-order chi connectivity index (χ0) is 10.8. The molecule has 3 aliphatic carbocycles. The predicted octanol–water partition coefficient (Wildman–Crippen LogP) is 4.27. The predicted molar refractivity (Wildman–Crippen MR) is 64.5 cm³/mol. The monoisotopic (exact) mass is 204 g/mol. The third-order valence-electron chi connectivity index (χ3n) is 5.89. The summed E-state index contributed by atoms with van der Waals surface area (Å²) in [7, 11) is 0. The Morgan fingerprint density at radius 2 is 2.00 bits per heavy atom. The first-order valence-electron chi connectivity index (χ1n) is 6.70. The van der Waals surface area contributed by atoms with Crippen molar-refractivity contribution in [3.8, 4) is 0 Å². The molecule has 0 aromatic rings. The molecule has 2 fully saturated rings. The lowest BCUT2D eigenvalue weighted by molar-refractivity contribution is 0.279. The fraction of sp³-hybridized carbons (Fsp3) is 0.867. The van der Waals surface area contributed by atoms with Gasteiger partial charge in [-0.25, -0.2) is 0 Å². The van der Waals surface area contributed by atoms with Gasteiger partial charge in [-0.15, -0.1) is 0 Å². The molecule has 0 aromatic carbocycles. The molecule has 3 rings (SSSR count). The highest BCUT2D eigenvalue weighted by Gasteiger charge is 2.63. The minimum absolute atomic E-state index is 0.652. The molecule has 0 bridgehead atoms. The van der Waals surface area contributed by atoms with Gasteiger partial charge in [0.2, 0.25) is 0 Å². The largest absolute Gasteiger partial charge is 0.0850 e. The van der Waals surface area contributed by atoms with Crippen LogP contribution in [0.3, 0.4) is 0 Å². The van der Waals surface area contributed by atoms with E-state index in [9.17, 15) is 0 Å². The Kier molecular flexibility index (Phi) is 1.92. The Morgan fingerprint density at radius 1 is 1.27 bits per heavy atom. The molecule has 0 spiro atoms. The molecular weight excluding hydrogens is 180 g/mol. The highest BCUT2D eigenvalue weighted by atomic mass is 14.7. The third kappa shape index (κ3) is 1.20. The second-order valence-corrected chi connectivity index (χ2v) is 6.88. The van der Waals surface area contributed by atoms with Crippen LogP contribution in [0.15, 0.2) is 11.6 Å². The molecule has 0 aromatic heterocycles. The fourth-order valence-corrected chi connectivity index (χ4v) is 4.82. The first-order chi connectivity index (χ1) is 7.03. The average Bonchev–Trinajstić information content (AvgIpc) is 2.55. The van der Waals surface area contributed by atoms with Crippen molar-refractivity contribution >= 4 is 0 Å². The van der Waals surface area contributed by atoms with Crippen LogP contribution in [0.25, 0.3) is 0 Å². The van der Waals surface area contributed by atoms with Crippen LogP contribution in [0.4, 0.5) is 0 Å². The molecule has 5 atom stereocenters. The maximum absolute atomic E-state index is 2.56. The van der Waals surface area contributed by atoms with Crippen LogP contribution in [0.2, 0.25) is 0 Å². The molecule has 0 amide bonds. The van der Waals surface area contributed by atoms with Crippen molar-refractivity contribution in [2.24, 2.45) is 35.0 Å². The van der Waals surface area contributed by atoms with Gasteiger partial charge in [0, 0.05) is 0 Å². The van der Waals surface area contributed by atoms with Crippen molar-refractivity contribution in [2.45, 2.75) is 47.0 Å². The highest BCUT2D eigenvalue weighted by Crippen LogP contribution is 2.69. The lowest BCUT2D eigenvalue weighted by atomic mass is 9.80. The minimum atomic E-state index is 0.652. The first kappa shape index (κ1) is 9.93. The Balaban J connectivity index is 1.96. The van der Waals surface area contributed by atoms with E-state index >= 15 is 0 Å². The standard InChI is InChI=1S/C15H24/c1-9-6-8-12-14(15(12,3)4)13-10(2)5-7-11(9)13/h6,10-14H,5,7-8H2,1-4H3/t10-,11-,12-,13-,14-/m0/s1. The zero-order valence-electron chi connectivity index (χ0n) is 10.6. The van der Waals surface area contributed by atoms with Gasteiger partial charge in [0.1, 0.15) is 0 Å². The summed E-state index contributed by atoms with van der Waals surface area (Å²) >= 11 is 0. The van der Waals surface area contributed by atoms with Crippen LogP contribution in [0.5, 0.6) is 0 Å². The molecule has 0 radical (unpaired) electrons. The molecule has 0 saturated heterocycles. The number of allylic oxidation sites excluding steroid dienone is 2. The summed E-state index contributed by atoms with van der Waals surface area (Å²) < 4.78 is 0. The van der Waals surface area contributed by atoms with Crippen molar-refractivity contribution in [3.63, 3.8) is 0 Å². The molecule has 3 aliphatic rings. The first-order valence-corrected chi connectivity index (χ1v) is 6.70. The Labute approximate surface area is 94.1 Å². The van der Waals surface area contributed by atoms with E-state index < -0.39 is 0 Å². The molecule has 0 unspecified atom stereocenters. The average molecular weight is 204 g/mol. The smallest absolute Gasteiger partial charge is 0.0172 e. The van der Waals surface area contributed by atoms with E-state index in [1.165, 1.54) is 19.3 Å². The van der Waals surface area contributed by atoms with E-state index in [0.29, 0.717) is 5.41 Å².